The number of aromatic nitrogens is 3. The number of nitrogens with one attached hydrogen (secondary N) is 1. The van der Waals surface area contributed by atoms with E-state index in [0.29, 0.717) is 30.4 Å². The molecule has 42 heavy (non-hydrogen) atoms. The maximum atomic E-state index is 15.3. The Hall–Kier alpha value is -3.89. The predicted molar refractivity (Wildman–Crippen MR) is 175 cm³/mol. The van der Waals surface area contributed by atoms with Crippen molar-refractivity contribution in [2.45, 2.75) is 18.8 Å². The lowest BCUT2D eigenvalue weighted by molar-refractivity contribution is 0.414. The minimum Gasteiger partial charge on any atom is -0.452 e. The average Bonchev–Trinajstić information content (AvgIpc) is 3.55. The number of fused-ring (bicyclic) bond motifs is 1. The number of halogens is 3. The van der Waals surface area contributed by atoms with E-state index in [9.17, 15) is 0 Å². The molecular formula is C31H31Cl2FN6OS. The predicted octanol–water partition coefficient (Wildman–Crippen LogP) is 7.04. The maximum absolute atomic E-state index is 15.3. The lowest BCUT2D eigenvalue weighted by Gasteiger charge is -2.21. The van der Waals surface area contributed by atoms with Crippen molar-refractivity contribution in [1.82, 2.24) is 18.8 Å². The van der Waals surface area contributed by atoms with Gasteiger partial charge in [-0.3, -0.25) is 0 Å². The zero-order chi connectivity index (χ0) is 27.3. The molecule has 1 aliphatic rings. The molecule has 3 N–H and O–H groups in total. The van der Waals surface area contributed by atoms with Gasteiger partial charge in [0.1, 0.15) is 11.8 Å². The lowest BCUT2D eigenvalue weighted by Crippen LogP contribution is -2.10. The van der Waals surface area contributed by atoms with Gasteiger partial charge < -0.3 is 24.7 Å². The largest absolute Gasteiger partial charge is 0.452 e. The smallest absolute Gasteiger partial charge is 0.167 e. The summed E-state index contributed by atoms with van der Waals surface area (Å²) in [6.45, 7) is 1.86. The molecule has 0 saturated heterocycles. The molecule has 0 fully saturated rings. The summed E-state index contributed by atoms with van der Waals surface area (Å²) in [5.74, 6) is 1.77. The molecule has 6 rings (SSSR count). The molecular weight excluding hydrogens is 594 g/mol. The second-order valence-corrected chi connectivity index (χ2v) is 11.2. The van der Waals surface area contributed by atoms with E-state index < -0.39 is 5.82 Å². The van der Waals surface area contributed by atoms with Crippen LogP contribution in [0.4, 0.5) is 15.9 Å². The van der Waals surface area contributed by atoms with Crippen molar-refractivity contribution in [3.05, 3.63) is 126 Å². The minimum absolute atomic E-state index is 0. The fourth-order valence-corrected chi connectivity index (χ4v) is 6.48. The number of allylic oxidation sites excluding steroid dienone is 1. The molecule has 3 heterocycles. The van der Waals surface area contributed by atoms with Crippen molar-refractivity contribution in [3.8, 4) is 5.75 Å². The van der Waals surface area contributed by atoms with Gasteiger partial charge in [0.05, 0.1) is 18.3 Å². The molecule has 0 radical (unpaired) electrons. The van der Waals surface area contributed by atoms with E-state index >= 15 is 4.39 Å². The van der Waals surface area contributed by atoms with Gasteiger partial charge in [-0.05, 0) is 29.3 Å². The van der Waals surface area contributed by atoms with Crippen LogP contribution in [0.15, 0.2) is 109 Å². The summed E-state index contributed by atoms with van der Waals surface area (Å²) in [5, 5.41) is 5.31. The Morgan fingerprint density at radius 2 is 1.64 bits per heavy atom. The van der Waals surface area contributed by atoms with E-state index in [1.54, 1.807) is 12.1 Å². The van der Waals surface area contributed by atoms with Gasteiger partial charge in [-0.1, -0.05) is 71.3 Å². The summed E-state index contributed by atoms with van der Waals surface area (Å²) >= 11 is 0. The van der Waals surface area contributed by atoms with Crippen molar-refractivity contribution in [3.63, 3.8) is 0 Å². The van der Waals surface area contributed by atoms with Gasteiger partial charge in [-0.15, -0.1) is 24.8 Å². The Labute approximate surface area is 259 Å². The third kappa shape index (κ3) is 7.11. The zero-order valence-electron chi connectivity index (χ0n) is 22.6. The van der Waals surface area contributed by atoms with Gasteiger partial charge in [0, 0.05) is 42.2 Å². The van der Waals surface area contributed by atoms with Gasteiger partial charge in [0.25, 0.3) is 0 Å². The fourth-order valence-electron chi connectivity index (χ4n) is 4.63. The van der Waals surface area contributed by atoms with Gasteiger partial charge in [0.2, 0.25) is 0 Å². The van der Waals surface area contributed by atoms with Crippen LogP contribution >= 0.6 is 35.5 Å². The van der Waals surface area contributed by atoms with Crippen LogP contribution in [0.2, 0.25) is 0 Å². The first-order valence-electron chi connectivity index (χ1n) is 13.0. The second-order valence-electron chi connectivity index (χ2n) is 9.37. The first kappa shape index (κ1) is 31.1. The SMILES string of the molecule is Cl.Cl.NCCn1ccc2ncnc(Nc3ccc(OC4=CN(Cc5ccccc5)S(Cc5ccccc5)=C4)c(F)c3)c21. The number of hydrogen-bond donors (Lipinski definition) is 2. The summed E-state index contributed by atoms with van der Waals surface area (Å²) in [4.78, 5) is 8.70. The molecule has 0 aliphatic carbocycles. The molecule has 0 saturated carbocycles. The second kappa shape index (κ2) is 14.3. The standard InChI is InChI=1S/C31H29FN6OS.2ClH/c32-27-17-25(36-31-30-28(34-22-35-31)13-15-37(30)16-14-33)11-12-29(27)39-26-19-38(18-23-7-3-1-4-8-23)40(21-26)20-24-9-5-2-6-10-24;;/h1-13,15,17,19,21-22H,14,16,18,20,33H2,(H,34,35,36);2*1H. The van der Waals surface area contributed by atoms with E-state index in [1.807, 2.05) is 59.4 Å². The highest BCUT2D eigenvalue weighted by atomic mass is 35.5. The fraction of sp³-hybridized carbons (Fsp3) is 0.129. The summed E-state index contributed by atoms with van der Waals surface area (Å²) in [7, 11) is -0.241. The summed E-state index contributed by atoms with van der Waals surface area (Å²) < 4.78 is 25.6. The molecule has 1 unspecified atom stereocenters. The number of anilines is 2. The number of nitrogens with two attached hydrogens (primary N) is 1. The summed E-state index contributed by atoms with van der Waals surface area (Å²) in [6.07, 6.45) is 5.39. The van der Waals surface area contributed by atoms with Gasteiger partial charge in [-0.2, -0.15) is 0 Å². The van der Waals surface area contributed by atoms with Gasteiger partial charge in [-0.25, -0.2) is 14.4 Å². The Morgan fingerprint density at radius 3 is 2.36 bits per heavy atom. The zero-order valence-corrected chi connectivity index (χ0v) is 25.0. The molecule has 218 valence electrons. The van der Waals surface area contributed by atoms with Crippen molar-refractivity contribution < 1.29 is 9.13 Å². The van der Waals surface area contributed by atoms with Crippen LogP contribution in [-0.2, 0) is 18.8 Å². The number of ether oxygens (including phenoxy) is 1. The van der Waals surface area contributed by atoms with Gasteiger partial charge >= 0.3 is 0 Å². The Balaban J connectivity index is 0.00000202. The first-order chi connectivity index (χ1) is 19.7. The topological polar surface area (TPSA) is 81.2 Å². The number of hydrogen-bond acceptors (Lipinski definition) is 6. The number of nitrogens with zero attached hydrogens (tertiary/aromatic N) is 4. The Morgan fingerprint density at radius 1 is 0.905 bits per heavy atom. The van der Waals surface area contributed by atoms with Crippen LogP contribution in [-0.4, -0.2) is 30.8 Å². The highest BCUT2D eigenvalue weighted by molar-refractivity contribution is 8.12. The molecule has 0 amide bonds. The lowest BCUT2D eigenvalue weighted by atomic mass is 10.2. The van der Waals surface area contributed by atoms with Crippen molar-refractivity contribution in [1.29, 1.82) is 0 Å². The van der Waals surface area contributed by atoms with E-state index in [0.717, 1.165) is 23.3 Å². The van der Waals surface area contributed by atoms with Crippen LogP contribution in [0.25, 0.3) is 11.0 Å². The Bertz CT molecular complexity index is 1700. The molecule has 7 nitrogen and oxygen atoms in total. The van der Waals surface area contributed by atoms with Crippen LogP contribution < -0.4 is 15.8 Å². The van der Waals surface area contributed by atoms with E-state index in [1.165, 1.54) is 23.5 Å². The van der Waals surface area contributed by atoms with E-state index in [4.69, 9.17) is 10.5 Å². The normalized spacial score (nSPS) is 14.0. The molecule has 1 atom stereocenters. The van der Waals surface area contributed by atoms with Crippen LogP contribution in [0.3, 0.4) is 0 Å². The van der Waals surface area contributed by atoms with Crippen molar-refractivity contribution >= 4 is 63.4 Å². The Kier molecular flexibility index (Phi) is 10.6. The highest BCUT2D eigenvalue weighted by Crippen LogP contribution is 2.35. The van der Waals surface area contributed by atoms with E-state index in [-0.39, 0.29) is 41.2 Å². The first-order valence-corrected chi connectivity index (χ1v) is 14.4. The molecule has 11 heteroatoms. The van der Waals surface area contributed by atoms with Crippen LogP contribution in [0, 0.1) is 5.82 Å². The van der Waals surface area contributed by atoms with Crippen LogP contribution in [0.5, 0.6) is 5.75 Å². The molecule has 1 aliphatic heterocycles. The number of rotatable bonds is 10. The summed E-state index contributed by atoms with van der Waals surface area (Å²) in [5.41, 5.74) is 10.4. The molecule has 3 aromatic carbocycles. The highest BCUT2D eigenvalue weighted by Gasteiger charge is 2.19. The monoisotopic (exact) mass is 624 g/mol. The summed E-state index contributed by atoms with van der Waals surface area (Å²) in [6, 6.07) is 27.4. The van der Waals surface area contributed by atoms with Gasteiger partial charge in [0.15, 0.2) is 23.1 Å². The maximum Gasteiger partial charge on any atom is 0.167 e. The van der Waals surface area contributed by atoms with Crippen LogP contribution in [0.1, 0.15) is 11.1 Å². The molecule has 5 aromatic rings. The van der Waals surface area contributed by atoms with Crippen molar-refractivity contribution in [2.24, 2.45) is 5.73 Å². The minimum atomic E-state index is -0.466. The average molecular weight is 626 g/mol. The molecule has 0 bridgehead atoms. The quantitative estimate of drug-likeness (QED) is 0.162. The third-order valence-electron chi connectivity index (χ3n) is 6.51. The molecule has 2 aromatic heterocycles. The van der Waals surface area contributed by atoms with Crippen molar-refractivity contribution in [2.75, 3.05) is 11.9 Å². The number of benzene rings is 3. The third-order valence-corrected chi connectivity index (χ3v) is 8.48. The van der Waals surface area contributed by atoms with E-state index in [2.05, 4.69) is 49.2 Å². The molecule has 0 spiro atoms.